The molecule has 8 heteroatoms. The van der Waals surface area contributed by atoms with Crippen molar-refractivity contribution in [3.63, 3.8) is 0 Å². The predicted molar refractivity (Wildman–Crippen MR) is 118 cm³/mol. The van der Waals surface area contributed by atoms with Gasteiger partial charge in [0.15, 0.2) is 11.6 Å². The molecule has 0 aliphatic rings. The minimum absolute atomic E-state index is 0.0825. The molecule has 2 aromatic carbocycles. The van der Waals surface area contributed by atoms with Crippen LogP contribution in [0.25, 0.3) is 0 Å². The SMILES string of the molecule is CCOC(=O)CN/C(=C/C(=O)c1ccc(OC)cc1)SCC(=O)c1ccc(Cl)cc1. The zero-order chi connectivity index (χ0) is 21.9. The molecule has 0 aliphatic carbocycles. The number of methoxy groups -OCH3 is 1. The van der Waals surface area contributed by atoms with Crippen molar-refractivity contribution in [2.24, 2.45) is 0 Å². The van der Waals surface area contributed by atoms with Gasteiger partial charge in [0, 0.05) is 22.2 Å². The molecule has 30 heavy (non-hydrogen) atoms. The van der Waals surface area contributed by atoms with Gasteiger partial charge in [-0.05, 0) is 55.5 Å². The van der Waals surface area contributed by atoms with Crippen LogP contribution < -0.4 is 10.1 Å². The Kier molecular flexibility index (Phi) is 9.44. The molecule has 2 rings (SSSR count). The summed E-state index contributed by atoms with van der Waals surface area (Å²) in [6, 6.07) is 13.2. The summed E-state index contributed by atoms with van der Waals surface area (Å²) < 4.78 is 9.99. The van der Waals surface area contributed by atoms with E-state index in [-0.39, 0.29) is 30.5 Å². The van der Waals surface area contributed by atoms with Gasteiger partial charge in [0.1, 0.15) is 12.3 Å². The lowest BCUT2D eigenvalue weighted by atomic mass is 10.1. The van der Waals surface area contributed by atoms with Gasteiger partial charge in [-0.25, -0.2) is 0 Å². The standard InChI is InChI=1S/C22H22ClNO5S/c1-3-29-22(27)13-24-21(12-19(25)15-6-10-18(28-2)11-7-15)30-14-20(26)16-4-8-17(23)9-5-16/h4-12,24H,3,13-14H2,1-2H3/b21-12-. The number of benzene rings is 2. The number of allylic oxidation sites excluding steroid dienone is 1. The number of rotatable bonds is 11. The van der Waals surface area contributed by atoms with Crippen molar-refractivity contribution >= 4 is 40.9 Å². The highest BCUT2D eigenvalue weighted by molar-refractivity contribution is 8.03. The lowest BCUT2D eigenvalue weighted by Gasteiger charge is -2.10. The van der Waals surface area contributed by atoms with Crippen molar-refractivity contribution in [1.29, 1.82) is 0 Å². The molecule has 0 heterocycles. The molecule has 0 amide bonds. The molecule has 0 saturated heterocycles. The third-order valence-electron chi connectivity index (χ3n) is 3.87. The Labute approximate surface area is 184 Å². The van der Waals surface area contributed by atoms with Gasteiger partial charge in [-0.2, -0.15) is 0 Å². The highest BCUT2D eigenvalue weighted by atomic mass is 35.5. The number of hydrogen-bond acceptors (Lipinski definition) is 7. The molecule has 0 saturated carbocycles. The van der Waals surface area contributed by atoms with Gasteiger partial charge in [-0.15, -0.1) is 11.8 Å². The summed E-state index contributed by atoms with van der Waals surface area (Å²) in [6.45, 7) is 1.85. The Hall–Kier alpha value is -2.77. The van der Waals surface area contributed by atoms with Crippen LogP contribution in [0.1, 0.15) is 27.6 Å². The van der Waals surface area contributed by atoms with Gasteiger partial charge in [-0.3, -0.25) is 14.4 Å². The second-order valence-corrected chi connectivity index (χ2v) is 7.43. The molecular formula is C22H22ClNO5S. The fraction of sp³-hybridized carbons (Fsp3) is 0.227. The average Bonchev–Trinajstić information content (AvgIpc) is 2.76. The zero-order valence-electron chi connectivity index (χ0n) is 16.6. The maximum atomic E-state index is 12.6. The number of Topliss-reactive ketones (excluding diaryl/α,β-unsaturated/α-hetero) is 1. The van der Waals surface area contributed by atoms with Gasteiger partial charge >= 0.3 is 5.97 Å². The lowest BCUT2D eigenvalue weighted by Crippen LogP contribution is -2.24. The summed E-state index contributed by atoms with van der Waals surface area (Å²) in [6.07, 6.45) is 1.36. The molecule has 6 nitrogen and oxygen atoms in total. The van der Waals surface area contributed by atoms with Gasteiger partial charge in [0.2, 0.25) is 0 Å². The summed E-state index contributed by atoms with van der Waals surface area (Å²) in [7, 11) is 1.54. The first-order chi connectivity index (χ1) is 14.4. The summed E-state index contributed by atoms with van der Waals surface area (Å²) in [4.78, 5) is 36.7. The Morgan fingerprint density at radius 1 is 1.03 bits per heavy atom. The summed E-state index contributed by atoms with van der Waals surface area (Å²) in [5.41, 5.74) is 0.967. The fourth-order valence-corrected chi connectivity index (χ4v) is 3.28. The monoisotopic (exact) mass is 447 g/mol. The summed E-state index contributed by atoms with van der Waals surface area (Å²) >= 11 is 6.98. The number of esters is 1. The van der Waals surface area contributed by atoms with E-state index in [1.165, 1.54) is 6.08 Å². The maximum absolute atomic E-state index is 12.6. The molecule has 0 unspecified atom stereocenters. The van der Waals surface area contributed by atoms with Gasteiger partial charge < -0.3 is 14.8 Å². The number of halogens is 1. The van der Waals surface area contributed by atoms with Gasteiger partial charge in [0.05, 0.1) is 24.5 Å². The largest absolute Gasteiger partial charge is 0.497 e. The minimum Gasteiger partial charge on any atom is -0.497 e. The van der Waals surface area contributed by atoms with Gasteiger partial charge in [-0.1, -0.05) is 11.6 Å². The second kappa shape index (κ2) is 12.0. The highest BCUT2D eigenvalue weighted by Gasteiger charge is 2.12. The smallest absolute Gasteiger partial charge is 0.325 e. The third kappa shape index (κ3) is 7.57. The average molecular weight is 448 g/mol. The van der Waals surface area contributed by atoms with E-state index in [2.05, 4.69) is 5.32 Å². The van der Waals surface area contributed by atoms with E-state index in [1.54, 1.807) is 62.6 Å². The molecule has 0 radical (unpaired) electrons. The van der Waals surface area contributed by atoms with Crippen LogP contribution in [-0.4, -0.2) is 43.6 Å². The van der Waals surface area contributed by atoms with Crippen LogP contribution in [0.5, 0.6) is 5.75 Å². The molecule has 2 aromatic rings. The number of carbonyl (C=O) groups excluding carboxylic acids is 3. The van der Waals surface area contributed by atoms with Crippen LogP contribution in [0, 0.1) is 0 Å². The van der Waals surface area contributed by atoms with E-state index in [1.807, 2.05) is 0 Å². The third-order valence-corrected chi connectivity index (χ3v) is 5.11. The van der Waals surface area contributed by atoms with E-state index in [4.69, 9.17) is 21.1 Å². The van der Waals surface area contributed by atoms with E-state index < -0.39 is 5.97 Å². The van der Waals surface area contributed by atoms with Crippen molar-refractivity contribution < 1.29 is 23.9 Å². The van der Waals surface area contributed by atoms with Crippen molar-refractivity contribution in [2.45, 2.75) is 6.92 Å². The zero-order valence-corrected chi connectivity index (χ0v) is 18.2. The maximum Gasteiger partial charge on any atom is 0.325 e. The van der Waals surface area contributed by atoms with E-state index in [0.717, 1.165) is 11.8 Å². The number of thioether (sulfide) groups is 1. The van der Waals surface area contributed by atoms with Crippen molar-refractivity contribution in [3.8, 4) is 5.75 Å². The minimum atomic E-state index is -0.454. The van der Waals surface area contributed by atoms with Crippen molar-refractivity contribution in [2.75, 3.05) is 26.0 Å². The van der Waals surface area contributed by atoms with E-state index in [0.29, 0.717) is 26.9 Å². The Morgan fingerprint density at radius 3 is 2.27 bits per heavy atom. The number of ether oxygens (including phenoxy) is 2. The highest BCUT2D eigenvalue weighted by Crippen LogP contribution is 2.19. The normalized spacial score (nSPS) is 11.0. The van der Waals surface area contributed by atoms with Gasteiger partial charge in [0.25, 0.3) is 0 Å². The predicted octanol–water partition coefficient (Wildman–Crippen LogP) is 4.14. The molecular weight excluding hydrogens is 426 g/mol. The molecule has 0 aliphatic heterocycles. The molecule has 0 bridgehead atoms. The molecule has 1 N–H and O–H groups in total. The lowest BCUT2D eigenvalue weighted by molar-refractivity contribution is -0.141. The number of hydrogen-bond donors (Lipinski definition) is 1. The van der Waals surface area contributed by atoms with Crippen molar-refractivity contribution in [1.82, 2.24) is 5.32 Å². The van der Waals surface area contributed by atoms with E-state index >= 15 is 0 Å². The first kappa shape index (κ1) is 23.5. The Bertz CT molecular complexity index is 910. The topological polar surface area (TPSA) is 81.7 Å². The second-order valence-electron chi connectivity index (χ2n) is 5.98. The summed E-state index contributed by atoms with van der Waals surface area (Å²) in [5, 5.41) is 3.81. The fourth-order valence-electron chi connectivity index (χ4n) is 2.34. The van der Waals surface area contributed by atoms with Crippen LogP contribution in [0.2, 0.25) is 5.02 Å². The Morgan fingerprint density at radius 2 is 1.67 bits per heavy atom. The van der Waals surface area contributed by atoms with Crippen molar-refractivity contribution in [3.05, 3.63) is 75.8 Å². The van der Waals surface area contributed by atoms with Crippen LogP contribution in [0.15, 0.2) is 59.6 Å². The van der Waals surface area contributed by atoms with Crippen LogP contribution >= 0.6 is 23.4 Å². The molecule has 158 valence electrons. The number of ketones is 2. The molecule has 0 fully saturated rings. The number of carbonyl (C=O) groups is 3. The quantitative estimate of drug-likeness (QED) is 0.315. The first-order valence-corrected chi connectivity index (χ1v) is 10.5. The molecule has 0 atom stereocenters. The van der Waals surface area contributed by atoms with Crippen LogP contribution in [0.4, 0.5) is 0 Å². The first-order valence-electron chi connectivity index (χ1n) is 9.14. The Balaban J connectivity index is 2.10. The van der Waals surface area contributed by atoms with Crippen LogP contribution in [0.3, 0.4) is 0 Å². The summed E-state index contributed by atoms with van der Waals surface area (Å²) in [5.74, 6) is -0.129. The molecule has 0 aromatic heterocycles. The van der Waals surface area contributed by atoms with E-state index in [9.17, 15) is 14.4 Å². The van der Waals surface area contributed by atoms with Crippen LogP contribution in [-0.2, 0) is 9.53 Å². The molecule has 0 spiro atoms. The number of nitrogens with one attached hydrogen (secondary N) is 1.